The van der Waals surface area contributed by atoms with Crippen LogP contribution < -0.4 is 5.32 Å². The molecule has 6 nitrogen and oxygen atoms in total. The van der Waals surface area contributed by atoms with E-state index in [1.165, 1.54) is 23.3 Å². The first kappa shape index (κ1) is 21.2. The van der Waals surface area contributed by atoms with Gasteiger partial charge in [-0.3, -0.25) is 24.2 Å². The molecule has 31 heavy (non-hydrogen) atoms. The number of piperidine rings is 1. The smallest absolute Gasteiger partial charge is 0.251 e. The standard InChI is InChI=1S/C25H29N3O3/c29-23-13-14-24(30)28(23)18-20-9-11-21(12-10-20)25(31)26-16-22-8-4-5-15-27(22)17-19-6-2-1-3-7-19/h1-3,6-7,9-12,22H,4-5,8,13-18H2,(H,26,31). The van der Waals surface area contributed by atoms with Crippen molar-refractivity contribution in [2.45, 2.75) is 51.2 Å². The third-order valence-corrected chi connectivity index (χ3v) is 6.19. The van der Waals surface area contributed by atoms with Crippen molar-refractivity contribution in [2.24, 2.45) is 0 Å². The quantitative estimate of drug-likeness (QED) is 0.700. The van der Waals surface area contributed by atoms with E-state index in [-0.39, 0.29) is 24.3 Å². The van der Waals surface area contributed by atoms with Gasteiger partial charge in [-0.15, -0.1) is 0 Å². The molecular formula is C25H29N3O3. The molecule has 2 aliphatic heterocycles. The first-order chi connectivity index (χ1) is 15.1. The van der Waals surface area contributed by atoms with Gasteiger partial charge in [0, 0.05) is 37.5 Å². The lowest BCUT2D eigenvalue weighted by molar-refractivity contribution is -0.139. The van der Waals surface area contributed by atoms with Crippen LogP contribution in [0.25, 0.3) is 0 Å². The highest BCUT2D eigenvalue weighted by Gasteiger charge is 2.28. The van der Waals surface area contributed by atoms with E-state index in [0.717, 1.165) is 25.1 Å². The number of hydrogen-bond donors (Lipinski definition) is 1. The number of carbonyl (C=O) groups is 3. The third kappa shape index (κ3) is 5.39. The Kier molecular flexibility index (Phi) is 6.77. The van der Waals surface area contributed by atoms with Crippen LogP contribution in [0.1, 0.15) is 53.6 Å². The molecule has 2 heterocycles. The van der Waals surface area contributed by atoms with E-state index >= 15 is 0 Å². The number of imide groups is 1. The summed E-state index contributed by atoms with van der Waals surface area (Å²) in [5.74, 6) is -0.344. The average Bonchev–Trinajstić information content (AvgIpc) is 3.11. The van der Waals surface area contributed by atoms with Gasteiger partial charge in [-0.25, -0.2) is 0 Å². The lowest BCUT2D eigenvalue weighted by Crippen LogP contribution is -2.46. The molecule has 0 spiro atoms. The summed E-state index contributed by atoms with van der Waals surface area (Å²) >= 11 is 0. The number of carbonyl (C=O) groups excluding carboxylic acids is 3. The summed E-state index contributed by atoms with van der Waals surface area (Å²) in [4.78, 5) is 40.0. The molecule has 2 aliphatic rings. The van der Waals surface area contributed by atoms with Crippen molar-refractivity contribution in [3.8, 4) is 0 Å². The Bertz CT molecular complexity index is 911. The van der Waals surface area contributed by atoms with E-state index in [0.29, 0.717) is 31.0 Å². The van der Waals surface area contributed by atoms with Gasteiger partial charge in [0.15, 0.2) is 0 Å². The number of amides is 3. The number of hydrogen-bond acceptors (Lipinski definition) is 4. The van der Waals surface area contributed by atoms with Crippen molar-refractivity contribution < 1.29 is 14.4 Å². The predicted octanol–water partition coefficient (Wildman–Crippen LogP) is 3.12. The van der Waals surface area contributed by atoms with Crippen molar-refractivity contribution in [3.05, 3.63) is 71.3 Å². The van der Waals surface area contributed by atoms with Gasteiger partial charge in [0.2, 0.25) is 11.8 Å². The summed E-state index contributed by atoms with van der Waals surface area (Å²) in [6.07, 6.45) is 4.06. The van der Waals surface area contributed by atoms with Crippen LogP contribution in [0.4, 0.5) is 0 Å². The Morgan fingerprint density at radius 3 is 2.26 bits per heavy atom. The number of nitrogens with zero attached hydrogens (tertiary/aromatic N) is 2. The van der Waals surface area contributed by atoms with Gasteiger partial charge in [-0.1, -0.05) is 48.9 Å². The Morgan fingerprint density at radius 1 is 0.871 bits per heavy atom. The van der Waals surface area contributed by atoms with Gasteiger partial charge in [0.05, 0.1) is 6.54 Å². The van der Waals surface area contributed by atoms with Crippen molar-refractivity contribution in [1.29, 1.82) is 0 Å². The highest BCUT2D eigenvalue weighted by molar-refractivity contribution is 6.01. The summed E-state index contributed by atoms with van der Waals surface area (Å²) in [6.45, 7) is 2.86. The molecule has 2 saturated heterocycles. The number of nitrogens with one attached hydrogen (secondary N) is 1. The molecule has 162 valence electrons. The van der Waals surface area contributed by atoms with E-state index < -0.39 is 0 Å². The SMILES string of the molecule is O=C(NCC1CCCCN1Cc1ccccc1)c1ccc(CN2C(=O)CCC2=O)cc1. The third-order valence-electron chi connectivity index (χ3n) is 6.19. The number of rotatable bonds is 7. The molecule has 6 heteroatoms. The van der Waals surface area contributed by atoms with E-state index in [2.05, 4.69) is 34.5 Å². The molecule has 0 radical (unpaired) electrons. The molecule has 1 unspecified atom stereocenters. The molecule has 0 saturated carbocycles. The molecule has 0 aliphatic carbocycles. The minimum absolute atomic E-state index is 0.0925. The van der Waals surface area contributed by atoms with Crippen molar-refractivity contribution in [3.63, 3.8) is 0 Å². The van der Waals surface area contributed by atoms with Gasteiger partial charge >= 0.3 is 0 Å². The lowest BCUT2D eigenvalue weighted by Gasteiger charge is -2.36. The maximum absolute atomic E-state index is 12.7. The van der Waals surface area contributed by atoms with Crippen molar-refractivity contribution >= 4 is 17.7 Å². The molecule has 4 rings (SSSR count). The molecule has 1 N–H and O–H groups in total. The summed E-state index contributed by atoms with van der Waals surface area (Å²) in [6, 6.07) is 17.9. The fourth-order valence-corrected chi connectivity index (χ4v) is 4.37. The zero-order chi connectivity index (χ0) is 21.6. The minimum atomic E-state index is -0.126. The monoisotopic (exact) mass is 419 g/mol. The normalized spacial score (nSPS) is 19.6. The average molecular weight is 420 g/mol. The first-order valence-electron chi connectivity index (χ1n) is 11.1. The van der Waals surface area contributed by atoms with Gasteiger partial charge < -0.3 is 5.32 Å². The highest BCUT2D eigenvalue weighted by Crippen LogP contribution is 2.20. The summed E-state index contributed by atoms with van der Waals surface area (Å²) in [5.41, 5.74) is 2.74. The summed E-state index contributed by atoms with van der Waals surface area (Å²) in [5, 5.41) is 3.09. The second-order valence-electron chi connectivity index (χ2n) is 8.39. The Labute approximate surface area is 183 Å². The molecule has 0 bridgehead atoms. The fraction of sp³-hybridized carbons (Fsp3) is 0.400. The molecule has 2 fully saturated rings. The van der Waals surface area contributed by atoms with Crippen molar-refractivity contribution in [1.82, 2.24) is 15.1 Å². The van der Waals surface area contributed by atoms with Crippen LogP contribution in [0.3, 0.4) is 0 Å². The number of benzene rings is 2. The van der Waals surface area contributed by atoms with Crippen LogP contribution in [0.15, 0.2) is 54.6 Å². The maximum Gasteiger partial charge on any atom is 0.251 e. The van der Waals surface area contributed by atoms with Crippen LogP contribution in [0.5, 0.6) is 0 Å². The fourth-order valence-electron chi connectivity index (χ4n) is 4.37. The highest BCUT2D eigenvalue weighted by atomic mass is 16.2. The van der Waals surface area contributed by atoms with E-state index in [4.69, 9.17) is 0 Å². The second kappa shape index (κ2) is 9.88. The zero-order valence-corrected chi connectivity index (χ0v) is 17.8. The molecule has 0 aromatic heterocycles. The van der Waals surface area contributed by atoms with E-state index in [1.54, 1.807) is 12.1 Å². The van der Waals surface area contributed by atoms with Crippen LogP contribution in [-0.2, 0) is 22.7 Å². The summed E-state index contributed by atoms with van der Waals surface area (Å²) in [7, 11) is 0. The molecule has 2 aromatic carbocycles. The summed E-state index contributed by atoms with van der Waals surface area (Å²) < 4.78 is 0. The van der Waals surface area contributed by atoms with E-state index in [1.807, 2.05) is 18.2 Å². The van der Waals surface area contributed by atoms with E-state index in [9.17, 15) is 14.4 Å². The predicted molar refractivity (Wildman–Crippen MR) is 118 cm³/mol. The molecule has 3 amide bonds. The molecule has 1 atom stereocenters. The Balaban J connectivity index is 1.31. The maximum atomic E-state index is 12.7. The second-order valence-corrected chi connectivity index (χ2v) is 8.39. The Morgan fingerprint density at radius 2 is 1.55 bits per heavy atom. The van der Waals surface area contributed by atoms with Crippen LogP contribution in [0.2, 0.25) is 0 Å². The topological polar surface area (TPSA) is 69.7 Å². The van der Waals surface area contributed by atoms with Gasteiger partial charge in [-0.05, 0) is 42.6 Å². The first-order valence-corrected chi connectivity index (χ1v) is 11.1. The van der Waals surface area contributed by atoms with Crippen molar-refractivity contribution in [2.75, 3.05) is 13.1 Å². The minimum Gasteiger partial charge on any atom is -0.350 e. The van der Waals surface area contributed by atoms with Crippen LogP contribution in [-0.4, -0.2) is 46.7 Å². The zero-order valence-electron chi connectivity index (χ0n) is 17.8. The largest absolute Gasteiger partial charge is 0.350 e. The lowest BCUT2D eigenvalue weighted by atomic mass is 10.0. The number of likely N-dealkylation sites (tertiary alicyclic amines) is 2. The Hall–Kier alpha value is -2.99. The molecular weight excluding hydrogens is 390 g/mol. The van der Waals surface area contributed by atoms with Crippen LogP contribution in [0, 0.1) is 0 Å². The molecule has 2 aromatic rings. The van der Waals surface area contributed by atoms with Gasteiger partial charge in [0.25, 0.3) is 5.91 Å². The van der Waals surface area contributed by atoms with Gasteiger partial charge in [0.1, 0.15) is 0 Å². The van der Waals surface area contributed by atoms with Crippen LogP contribution >= 0.6 is 0 Å². The van der Waals surface area contributed by atoms with Gasteiger partial charge in [-0.2, -0.15) is 0 Å².